The van der Waals surface area contributed by atoms with Gasteiger partial charge in [0.1, 0.15) is 11.8 Å². The van der Waals surface area contributed by atoms with Crippen molar-refractivity contribution in [2.75, 3.05) is 6.61 Å². The van der Waals surface area contributed by atoms with E-state index in [0.29, 0.717) is 20.8 Å². The fraction of sp³-hybridized carbons (Fsp3) is 0.391. The second kappa shape index (κ2) is 11.6. The number of nitrogens with one attached hydrogen (secondary N) is 1. The van der Waals surface area contributed by atoms with E-state index in [9.17, 15) is 9.59 Å². The Hall–Kier alpha value is -1.95. The van der Waals surface area contributed by atoms with Gasteiger partial charge >= 0.3 is 0 Å². The number of ether oxygens (including phenoxy) is 1. The zero-order valence-corrected chi connectivity index (χ0v) is 20.3. The van der Waals surface area contributed by atoms with Crippen LogP contribution in [0.5, 0.6) is 5.75 Å². The Morgan fingerprint density at radius 1 is 1.03 bits per heavy atom. The van der Waals surface area contributed by atoms with Crippen molar-refractivity contribution in [3.63, 3.8) is 0 Å². The van der Waals surface area contributed by atoms with Crippen LogP contribution in [0, 0.1) is 6.92 Å². The molecule has 0 saturated heterocycles. The van der Waals surface area contributed by atoms with E-state index in [4.69, 9.17) is 39.5 Å². The summed E-state index contributed by atoms with van der Waals surface area (Å²) in [5.74, 6) is -0.0305. The number of hydrogen-bond acceptors (Lipinski definition) is 3. The predicted molar refractivity (Wildman–Crippen MR) is 126 cm³/mol. The molecule has 8 heteroatoms. The van der Waals surface area contributed by atoms with Crippen LogP contribution >= 0.6 is 34.8 Å². The summed E-state index contributed by atoms with van der Waals surface area (Å²) in [6, 6.07) is 9.61. The van der Waals surface area contributed by atoms with Gasteiger partial charge in [-0.05, 0) is 68.7 Å². The molecule has 0 spiro atoms. The SMILES string of the molecule is CC[C@@H](C)NC(=O)[C@@H](C)N(Cc1ccc(Cl)c(Cl)c1)C(=O)COc1ccc(Cl)c(C)c1. The molecular weight excluding hydrogens is 459 g/mol. The summed E-state index contributed by atoms with van der Waals surface area (Å²) in [7, 11) is 0. The lowest BCUT2D eigenvalue weighted by atomic mass is 10.1. The summed E-state index contributed by atoms with van der Waals surface area (Å²) in [6.45, 7) is 7.42. The van der Waals surface area contributed by atoms with Gasteiger partial charge in [0, 0.05) is 17.6 Å². The Labute approximate surface area is 198 Å². The van der Waals surface area contributed by atoms with Crippen LogP contribution in [-0.4, -0.2) is 35.4 Å². The van der Waals surface area contributed by atoms with Gasteiger partial charge in [-0.1, -0.05) is 47.8 Å². The van der Waals surface area contributed by atoms with Crippen LogP contribution in [0.25, 0.3) is 0 Å². The number of nitrogens with zero attached hydrogens (tertiary/aromatic N) is 1. The quantitative estimate of drug-likeness (QED) is 0.498. The number of hydrogen-bond donors (Lipinski definition) is 1. The highest BCUT2D eigenvalue weighted by Crippen LogP contribution is 2.24. The van der Waals surface area contributed by atoms with Crippen molar-refractivity contribution in [3.8, 4) is 5.75 Å². The van der Waals surface area contributed by atoms with Gasteiger partial charge in [-0.15, -0.1) is 0 Å². The molecule has 0 aliphatic carbocycles. The van der Waals surface area contributed by atoms with Gasteiger partial charge in [0.05, 0.1) is 10.0 Å². The van der Waals surface area contributed by atoms with Crippen LogP contribution in [0.4, 0.5) is 0 Å². The van der Waals surface area contributed by atoms with E-state index in [1.54, 1.807) is 43.3 Å². The molecule has 2 aromatic rings. The lowest BCUT2D eigenvalue weighted by Crippen LogP contribution is -2.50. The standard InChI is InChI=1S/C23H27Cl3N2O3/c1-5-15(3)27-23(30)16(4)28(12-17-6-8-20(25)21(26)11-17)22(29)13-31-18-7-9-19(24)14(2)10-18/h6-11,15-16H,5,12-13H2,1-4H3,(H,27,30)/t15-,16-/m1/s1. The van der Waals surface area contributed by atoms with Crippen LogP contribution < -0.4 is 10.1 Å². The molecule has 0 bridgehead atoms. The predicted octanol–water partition coefficient (Wildman–Crippen LogP) is 5.67. The first kappa shape index (κ1) is 25.3. The number of benzene rings is 2. The van der Waals surface area contributed by atoms with Crippen molar-refractivity contribution >= 4 is 46.6 Å². The summed E-state index contributed by atoms with van der Waals surface area (Å²) in [6.07, 6.45) is 0.790. The lowest BCUT2D eigenvalue weighted by molar-refractivity contribution is -0.142. The molecule has 2 amide bonds. The first-order valence-corrected chi connectivity index (χ1v) is 11.2. The highest BCUT2D eigenvalue weighted by atomic mass is 35.5. The Balaban J connectivity index is 2.19. The van der Waals surface area contributed by atoms with E-state index in [-0.39, 0.29) is 31.0 Å². The largest absolute Gasteiger partial charge is 0.484 e. The van der Waals surface area contributed by atoms with Crippen molar-refractivity contribution in [2.24, 2.45) is 0 Å². The second-order valence-electron chi connectivity index (χ2n) is 7.46. The summed E-state index contributed by atoms with van der Waals surface area (Å²) < 4.78 is 5.67. The van der Waals surface area contributed by atoms with Crippen LogP contribution in [0.2, 0.25) is 15.1 Å². The van der Waals surface area contributed by atoms with Gasteiger partial charge in [0.25, 0.3) is 5.91 Å². The molecule has 0 aliphatic rings. The van der Waals surface area contributed by atoms with Crippen LogP contribution in [0.1, 0.15) is 38.3 Å². The summed E-state index contributed by atoms with van der Waals surface area (Å²) in [5, 5.41) is 4.35. The Morgan fingerprint density at radius 2 is 1.71 bits per heavy atom. The van der Waals surface area contributed by atoms with E-state index >= 15 is 0 Å². The molecule has 2 rings (SSSR count). The van der Waals surface area contributed by atoms with Crippen LogP contribution in [-0.2, 0) is 16.1 Å². The van der Waals surface area contributed by atoms with Gasteiger partial charge in [0.2, 0.25) is 5.91 Å². The summed E-state index contributed by atoms with van der Waals surface area (Å²) >= 11 is 18.2. The van der Waals surface area contributed by atoms with Crippen molar-refractivity contribution in [1.29, 1.82) is 0 Å². The molecule has 0 unspecified atom stereocenters. The Morgan fingerprint density at radius 3 is 2.32 bits per heavy atom. The third-order valence-electron chi connectivity index (χ3n) is 5.00. The van der Waals surface area contributed by atoms with Crippen LogP contribution in [0.3, 0.4) is 0 Å². The zero-order chi connectivity index (χ0) is 23.1. The molecule has 0 aliphatic heterocycles. The number of carbonyl (C=O) groups excluding carboxylic acids is 2. The van der Waals surface area contributed by atoms with Crippen LogP contribution in [0.15, 0.2) is 36.4 Å². The summed E-state index contributed by atoms with van der Waals surface area (Å²) in [5.41, 5.74) is 1.61. The number of rotatable bonds is 9. The van der Waals surface area contributed by atoms with Crippen molar-refractivity contribution in [3.05, 3.63) is 62.6 Å². The van der Waals surface area contributed by atoms with E-state index in [2.05, 4.69) is 5.32 Å². The van der Waals surface area contributed by atoms with Gasteiger partial charge in [-0.2, -0.15) is 0 Å². The second-order valence-corrected chi connectivity index (χ2v) is 8.69. The topological polar surface area (TPSA) is 58.6 Å². The smallest absolute Gasteiger partial charge is 0.261 e. The van der Waals surface area contributed by atoms with Gasteiger partial charge < -0.3 is 15.0 Å². The third kappa shape index (κ3) is 7.30. The Bertz CT molecular complexity index is 936. The van der Waals surface area contributed by atoms with Gasteiger partial charge in [-0.3, -0.25) is 9.59 Å². The molecule has 0 heterocycles. The molecule has 0 fully saturated rings. The first-order chi connectivity index (χ1) is 14.6. The van der Waals surface area contributed by atoms with Crippen molar-refractivity contribution in [1.82, 2.24) is 10.2 Å². The molecule has 1 N–H and O–H groups in total. The highest BCUT2D eigenvalue weighted by molar-refractivity contribution is 6.42. The maximum Gasteiger partial charge on any atom is 0.261 e. The molecule has 2 aromatic carbocycles. The average molecular weight is 486 g/mol. The Kier molecular flexibility index (Phi) is 9.48. The van der Waals surface area contributed by atoms with E-state index in [1.165, 1.54) is 4.90 Å². The first-order valence-electron chi connectivity index (χ1n) is 10.0. The molecule has 31 heavy (non-hydrogen) atoms. The number of carbonyl (C=O) groups is 2. The minimum Gasteiger partial charge on any atom is -0.484 e. The fourth-order valence-electron chi connectivity index (χ4n) is 2.82. The van der Waals surface area contributed by atoms with Gasteiger partial charge in [0.15, 0.2) is 6.61 Å². The van der Waals surface area contributed by atoms with E-state index in [1.807, 2.05) is 20.8 Å². The molecule has 168 valence electrons. The van der Waals surface area contributed by atoms with Crippen molar-refractivity contribution in [2.45, 2.75) is 52.7 Å². The highest BCUT2D eigenvalue weighted by Gasteiger charge is 2.27. The third-order valence-corrected chi connectivity index (χ3v) is 6.16. The molecule has 2 atom stereocenters. The summed E-state index contributed by atoms with van der Waals surface area (Å²) in [4.78, 5) is 27.3. The monoisotopic (exact) mass is 484 g/mol. The fourth-order valence-corrected chi connectivity index (χ4v) is 3.26. The minimum absolute atomic E-state index is 0.00479. The molecule has 0 radical (unpaired) electrons. The molecule has 0 aromatic heterocycles. The zero-order valence-electron chi connectivity index (χ0n) is 18.0. The molecular formula is C23H27Cl3N2O3. The number of halogens is 3. The van der Waals surface area contributed by atoms with E-state index < -0.39 is 6.04 Å². The minimum atomic E-state index is -0.702. The molecule has 0 saturated carbocycles. The van der Waals surface area contributed by atoms with E-state index in [0.717, 1.165) is 17.5 Å². The van der Waals surface area contributed by atoms with Gasteiger partial charge in [-0.25, -0.2) is 0 Å². The molecule has 5 nitrogen and oxygen atoms in total. The lowest BCUT2D eigenvalue weighted by Gasteiger charge is -2.29. The maximum atomic E-state index is 13.1. The maximum absolute atomic E-state index is 13.1. The number of amides is 2. The van der Waals surface area contributed by atoms with Crippen molar-refractivity contribution < 1.29 is 14.3 Å². The average Bonchev–Trinajstić information content (AvgIpc) is 2.74. The normalized spacial score (nSPS) is 12.7. The number of aryl methyl sites for hydroxylation is 1.